The fraction of sp³-hybridized carbons (Fsp3) is 0.258. The Labute approximate surface area is 215 Å². The Hall–Kier alpha value is -4.19. The molecule has 37 heavy (non-hydrogen) atoms. The highest BCUT2D eigenvalue weighted by Crippen LogP contribution is 2.41. The fourth-order valence-electron chi connectivity index (χ4n) is 4.75. The van der Waals surface area contributed by atoms with E-state index in [0.29, 0.717) is 34.4 Å². The first-order chi connectivity index (χ1) is 17.8. The molecule has 1 aliphatic heterocycles. The van der Waals surface area contributed by atoms with Crippen LogP contribution >= 0.6 is 0 Å². The summed E-state index contributed by atoms with van der Waals surface area (Å²) < 4.78 is 11.9. The summed E-state index contributed by atoms with van der Waals surface area (Å²) in [4.78, 5) is 41.0. The second-order valence-corrected chi connectivity index (χ2v) is 9.56. The van der Waals surface area contributed by atoms with Crippen LogP contribution in [0.2, 0.25) is 0 Å². The minimum atomic E-state index is -0.683. The first kappa shape index (κ1) is 24.5. The molecule has 6 nitrogen and oxygen atoms in total. The number of ketones is 1. The summed E-state index contributed by atoms with van der Waals surface area (Å²) >= 11 is 0. The van der Waals surface area contributed by atoms with Crippen molar-refractivity contribution in [2.75, 3.05) is 11.5 Å². The van der Waals surface area contributed by atoms with Gasteiger partial charge >= 0.3 is 0 Å². The topological polar surface area (TPSA) is 76.8 Å². The molecule has 6 heteroatoms. The van der Waals surface area contributed by atoms with Crippen LogP contribution in [0.15, 0.2) is 69.9 Å². The molecule has 0 bridgehead atoms. The van der Waals surface area contributed by atoms with Crippen LogP contribution < -0.4 is 15.1 Å². The Kier molecular flexibility index (Phi) is 6.42. The van der Waals surface area contributed by atoms with Gasteiger partial charge in [-0.2, -0.15) is 0 Å². The fourth-order valence-corrected chi connectivity index (χ4v) is 4.75. The van der Waals surface area contributed by atoms with E-state index in [1.807, 2.05) is 44.2 Å². The van der Waals surface area contributed by atoms with Crippen molar-refractivity contribution in [3.05, 3.63) is 104 Å². The summed E-state index contributed by atoms with van der Waals surface area (Å²) in [6.45, 7) is 8.13. The van der Waals surface area contributed by atoms with Crippen molar-refractivity contribution in [1.29, 1.82) is 0 Å². The van der Waals surface area contributed by atoms with Crippen molar-refractivity contribution in [3.63, 3.8) is 0 Å². The molecule has 0 saturated heterocycles. The van der Waals surface area contributed by atoms with Gasteiger partial charge in [-0.1, -0.05) is 25.5 Å². The van der Waals surface area contributed by atoms with Gasteiger partial charge in [-0.3, -0.25) is 19.3 Å². The Morgan fingerprint density at radius 2 is 1.65 bits per heavy atom. The quantitative estimate of drug-likeness (QED) is 0.215. The molecule has 188 valence electrons. The van der Waals surface area contributed by atoms with Crippen LogP contribution in [0.5, 0.6) is 5.75 Å². The van der Waals surface area contributed by atoms with Gasteiger partial charge in [0.25, 0.3) is 5.91 Å². The molecule has 1 atom stereocenters. The number of carbonyl (C=O) groups is 2. The molecule has 0 radical (unpaired) electrons. The second-order valence-electron chi connectivity index (χ2n) is 9.56. The molecular formula is C31H29NO5. The van der Waals surface area contributed by atoms with Crippen molar-refractivity contribution in [3.8, 4) is 5.75 Å². The molecule has 3 aromatic carbocycles. The van der Waals surface area contributed by atoms with Gasteiger partial charge < -0.3 is 9.15 Å². The molecule has 0 N–H and O–H groups in total. The van der Waals surface area contributed by atoms with Crippen LogP contribution in [0.1, 0.15) is 75.9 Å². The monoisotopic (exact) mass is 495 g/mol. The molecule has 0 fully saturated rings. The SMILES string of the molecule is CCCCOc1ccc(C2c3c(oc4cc(C)c(C)cc4c3=O)C(=O)N2c2ccc(C(C)=O)cc2)cc1. The number of unbranched alkanes of at least 4 members (excludes halogenated alkanes) is 1. The lowest BCUT2D eigenvalue weighted by Gasteiger charge is -2.25. The minimum absolute atomic E-state index is 0.0460. The number of anilines is 1. The third-order valence-electron chi connectivity index (χ3n) is 7.00. The predicted octanol–water partition coefficient (Wildman–Crippen LogP) is 6.54. The van der Waals surface area contributed by atoms with Crippen molar-refractivity contribution in [1.82, 2.24) is 0 Å². The van der Waals surface area contributed by atoms with Gasteiger partial charge in [0.05, 0.1) is 23.6 Å². The number of fused-ring (bicyclic) bond motifs is 2. The number of Topliss-reactive ketones (excluding diaryl/α,β-unsaturated/α-hetero) is 1. The van der Waals surface area contributed by atoms with E-state index < -0.39 is 11.9 Å². The van der Waals surface area contributed by atoms with Crippen molar-refractivity contribution < 1.29 is 18.7 Å². The largest absolute Gasteiger partial charge is 0.494 e. The van der Waals surface area contributed by atoms with Crippen molar-refractivity contribution in [2.45, 2.75) is 46.6 Å². The summed E-state index contributed by atoms with van der Waals surface area (Å²) in [5.41, 5.74) is 4.33. The molecule has 0 spiro atoms. The number of carbonyl (C=O) groups excluding carboxylic acids is 2. The summed E-state index contributed by atoms with van der Waals surface area (Å²) in [5.74, 6) is 0.322. The number of hydrogen-bond acceptors (Lipinski definition) is 5. The molecule has 1 amide bonds. The standard InChI is InChI=1S/C31H29NO5/c1-5-6-15-36-24-13-9-22(10-14-24)28-27-29(34)25-16-18(2)19(3)17-26(25)37-30(27)31(35)32(28)23-11-7-21(8-12-23)20(4)33/h7-14,16-17,28H,5-6,15H2,1-4H3. The van der Waals surface area contributed by atoms with Crippen LogP contribution in [0, 0.1) is 13.8 Å². The molecular weight excluding hydrogens is 466 g/mol. The molecule has 1 aromatic heterocycles. The molecule has 5 rings (SSSR count). The number of nitrogens with zero attached hydrogens (tertiary/aromatic N) is 1. The zero-order valence-electron chi connectivity index (χ0n) is 21.5. The van der Waals surface area contributed by atoms with Gasteiger partial charge in [0.2, 0.25) is 5.76 Å². The maximum Gasteiger partial charge on any atom is 0.295 e. The lowest BCUT2D eigenvalue weighted by molar-refractivity contribution is 0.0970. The van der Waals surface area contributed by atoms with E-state index >= 15 is 0 Å². The second kappa shape index (κ2) is 9.69. The number of hydrogen-bond donors (Lipinski definition) is 0. The third kappa shape index (κ3) is 4.33. The van der Waals surface area contributed by atoms with E-state index in [0.717, 1.165) is 35.3 Å². The Morgan fingerprint density at radius 1 is 0.973 bits per heavy atom. The first-order valence-electron chi connectivity index (χ1n) is 12.6. The third-order valence-corrected chi connectivity index (χ3v) is 7.00. The number of aryl methyl sites for hydroxylation is 2. The average Bonchev–Trinajstić information content (AvgIpc) is 3.18. The lowest BCUT2D eigenvalue weighted by atomic mass is 9.97. The normalized spacial score (nSPS) is 14.8. The van der Waals surface area contributed by atoms with E-state index in [4.69, 9.17) is 9.15 Å². The van der Waals surface area contributed by atoms with Gasteiger partial charge in [0.15, 0.2) is 11.2 Å². The van der Waals surface area contributed by atoms with Crippen LogP contribution in [0.25, 0.3) is 11.0 Å². The van der Waals surface area contributed by atoms with Gasteiger partial charge in [-0.15, -0.1) is 0 Å². The van der Waals surface area contributed by atoms with Gasteiger partial charge in [0, 0.05) is 11.3 Å². The van der Waals surface area contributed by atoms with E-state index in [1.54, 1.807) is 35.2 Å². The maximum atomic E-state index is 13.9. The van der Waals surface area contributed by atoms with Crippen molar-refractivity contribution >= 4 is 28.3 Å². The number of ether oxygens (including phenoxy) is 1. The minimum Gasteiger partial charge on any atom is -0.494 e. The number of rotatable bonds is 7. The molecule has 0 aliphatic carbocycles. The smallest absolute Gasteiger partial charge is 0.295 e. The highest BCUT2D eigenvalue weighted by Gasteiger charge is 2.43. The lowest BCUT2D eigenvalue weighted by Crippen LogP contribution is -2.29. The van der Waals surface area contributed by atoms with Crippen LogP contribution in [-0.4, -0.2) is 18.3 Å². The summed E-state index contributed by atoms with van der Waals surface area (Å²) in [6.07, 6.45) is 2.00. The van der Waals surface area contributed by atoms with Crippen LogP contribution in [-0.2, 0) is 0 Å². The zero-order chi connectivity index (χ0) is 26.3. The summed E-state index contributed by atoms with van der Waals surface area (Å²) in [7, 11) is 0. The zero-order valence-corrected chi connectivity index (χ0v) is 21.5. The molecule has 1 aliphatic rings. The number of benzene rings is 3. The molecule has 2 heterocycles. The molecule has 1 unspecified atom stereocenters. The van der Waals surface area contributed by atoms with E-state index in [1.165, 1.54) is 6.92 Å². The van der Waals surface area contributed by atoms with Crippen LogP contribution in [0.4, 0.5) is 5.69 Å². The van der Waals surface area contributed by atoms with Gasteiger partial charge in [0.1, 0.15) is 11.3 Å². The summed E-state index contributed by atoms with van der Waals surface area (Å²) in [5, 5.41) is 0.452. The van der Waals surface area contributed by atoms with Crippen LogP contribution in [0.3, 0.4) is 0 Å². The Morgan fingerprint density at radius 3 is 2.30 bits per heavy atom. The predicted molar refractivity (Wildman–Crippen MR) is 144 cm³/mol. The highest BCUT2D eigenvalue weighted by molar-refractivity contribution is 6.11. The Balaban J connectivity index is 1.67. The summed E-state index contributed by atoms with van der Waals surface area (Å²) in [6, 6.07) is 17.3. The highest BCUT2D eigenvalue weighted by atomic mass is 16.5. The van der Waals surface area contributed by atoms with Gasteiger partial charge in [-0.25, -0.2) is 0 Å². The van der Waals surface area contributed by atoms with E-state index in [-0.39, 0.29) is 17.0 Å². The molecule has 0 saturated carbocycles. The van der Waals surface area contributed by atoms with Crippen molar-refractivity contribution in [2.24, 2.45) is 0 Å². The Bertz CT molecular complexity index is 1570. The maximum absolute atomic E-state index is 13.9. The molecule has 4 aromatic rings. The van der Waals surface area contributed by atoms with E-state index in [9.17, 15) is 14.4 Å². The van der Waals surface area contributed by atoms with Gasteiger partial charge in [-0.05, 0) is 92.4 Å². The van der Waals surface area contributed by atoms with E-state index in [2.05, 4.69) is 6.92 Å². The number of amides is 1. The first-order valence-corrected chi connectivity index (χ1v) is 12.6. The average molecular weight is 496 g/mol.